The van der Waals surface area contributed by atoms with E-state index in [0.717, 1.165) is 44.9 Å². The molecule has 19 N–H and O–H groups in total. The molecule has 0 bridgehead atoms. The van der Waals surface area contributed by atoms with E-state index in [1.165, 1.54) is 20.8 Å². The number of nitrogens with one attached hydrogen (secondary N) is 10. The van der Waals surface area contributed by atoms with Crippen molar-refractivity contribution in [3.05, 3.63) is 0 Å². The van der Waals surface area contributed by atoms with E-state index in [0.29, 0.717) is 77.2 Å². The van der Waals surface area contributed by atoms with Crippen LogP contribution in [0.5, 0.6) is 0 Å². The molecule has 3 fully saturated rings. The lowest BCUT2D eigenvalue weighted by molar-refractivity contribution is -0.270. The molecule has 9 amide bonds. The summed E-state index contributed by atoms with van der Waals surface area (Å²) in [5, 5.41) is 119. The Morgan fingerprint density at radius 3 is 0.939 bits per heavy atom. The molecule has 15 atom stereocenters. The number of Topliss-reactive ketones (excluding diaryl/α,β-unsaturated/α-hetero) is 2. The van der Waals surface area contributed by atoms with Crippen LogP contribution in [0.2, 0.25) is 0 Å². The van der Waals surface area contributed by atoms with Gasteiger partial charge >= 0.3 is 0 Å². The lowest BCUT2D eigenvalue weighted by Crippen LogP contribution is -2.64. The maximum atomic E-state index is 13.9. The highest BCUT2D eigenvalue weighted by Gasteiger charge is 2.48. The highest BCUT2D eigenvalue weighted by Crippen LogP contribution is 2.26. The van der Waals surface area contributed by atoms with Crippen LogP contribution in [-0.4, -0.2) is 333 Å². The van der Waals surface area contributed by atoms with Crippen LogP contribution in [0.25, 0.3) is 0 Å². The zero-order valence-corrected chi connectivity index (χ0v) is 67.0. The molecule has 0 aromatic heterocycles. The minimum absolute atomic E-state index is 0.0656. The van der Waals surface area contributed by atoms with Gasteiger partial charge in [-0.05, 0) is 84.1 Å². The molecular weight excluding hydrogens is 1500 g/mol. The smallest absolute Gasteiger partial charge is 0.222 e. The van der Waals surface area contributed by atoms with Crippen molar-refractivity contribution in [2.45, 2.75) is 286 Å². The van der Waals surface area contributed by atoms with Crippen LogP contribution in [-0.2, 0) is 95.4 Å². The van der Waals surface area contributed by atoms with E-state index in [9.17, 15) is 98.7 Å². The lowest BCUT2D eigenvalue weighted by Gasteiger charge is -2.42. The van der Waals surface area contributed by atoms with Gasteiger partial charge in [0, 0.05) is 125 Å². The van der Waals surface area contributed by atoms with Crippen molar-refractivity contribution in [2.75, 3.05) is 125 Å². The fraction of sp³-hybridized carbons (Fsp3) is 0.853. The third-order valence-corrected chi connectivity index (χ3v) is 18.9. The molecule has 114 heavy (non-hydrogen) atoms. The first kappa shape index (κ1) is 102. The molecule has 0 radical (unpaired) electrons. The number of amides is 9. The van der Waals surface area contributed by atoms with Gasteiger partial charge in [-0.15, -0.1) is 0 Å². The van der Waals surface area contributed by atoms with Gasteiger partial charge in [-0.2, -0.15) is 0 Å². The van der Waals surface area contributed by atoms with Crippen LogP contribution < -0.4 is 53.2 Å². The topological polar surface area (TPSA) is 573 Å². The van der Waals surface area contributed by atoms with Gasteiger partial charge in [0.25, 0.3) is 0 Å². The van der Waals surface area contributed by atoms with E-state index in [4.69, 9.17) is 42.6 Å². The number of aliphatic hydroxyl groups is 9. The number of unbranched alkanes of at least 4 members (excludes halogenated alkanes) is 10. The summed E-state index contributed by atoms with van der Waals surface area (Å²) in [6.07, 6.45) is -3.78. The first-order valence-corrected chi connectivity index (χ1v) is 40.3. The Kier molecular flexibility index (Phi) is 54.0. The predicted octanol–water partition coefficient (Wildman–Crippen LogP) is -4.15. The maximum absolute atomic E-state index is 13.9. The summed E-state index contributed by atoms with van der Waals surface area (Å²) in [6.45, 7) is 4.50. The molecular formula is C75H134N10O29. The summed E-state index contributed by atoms with van der Waals surface area (Å²) in [6, 6.07) is -3.26. The number of ketones is 2. The minimum atomic E-state index is -1.46. The van der Waals surface area contributed by atoms with Crippen molar-refractivity contribution in [2.24, 2.45) is 0 Å². The van der Waals surface area contributed by atoms with Crippen molar-refractivity contribution < 1.29 is 141 Å². The van der Waals surface area contributed by atoms with Crippen molar-refractivity contribution in [1.82, 2.24) is 53.2 Å². The number of carbonyl (C=O) groups excluding carboxylic acids is 11. The van der Waals surface area contributed by atoms with Crippen LogP contribution in [0.15, 0.2) is 0 Å². The average molecular weight is 1640 g/mol. The van der Waals surface area contributed by atoms with Gasteiger partial charge in [0.05, 0.1) is 66.0 Å². The normalized spacial score (nSPS) is 24.0. The molecule has 39 heteroatoms. The van der Waals surface area contributed by atoms with Crippen molar-refractivity contribution in [1.29, 1.82) is 0 Å². The standard InChI is InChI=1S/C75H134N10O29/c1-49(89)22-11-9-7-5-6-8-10-12-26-62(99)85-75(47-107-40-28-60(97)80-34-20-32-77-57(94)24-14-17-37-110-73-64(83-51(3)91)70(104)67(101)55(44-87)113-73,48-108-41-29-61(98)81-35-21-33-78-58(95)25-15-18-38-111-74-65(84-52(4)92)71(105)68(102)56(45-88)114-74)46-106-39-27-59(96)79-31-19-30-76-42-53(93)23-13-16-36-109-72-63(82-50(2)90)69(103)66(100)54(43-86)112-72/h54-56,63-74,76,86-88,100-105H,5-48H2,1-4H3,(H,77,94)(H,78,95)(H,79,96)(H,80,97)(H,81,98)(H,82,90)(H,83,91)(H,84,92)(H,85,99)/t54?,55?,56?,63?,64?,65?,66-,67-,68-,69?,70?,71?,72-,73-,74-,75?/m1/s1. The molecule has 9 unspecified atom stereocenters. The number of hydrogen-bond acceptors (Lipinski definition) is 30. The van der Waals surface area contributed by atoms with Crippen LogP contribution >= 0.6 is 0 Å². The fourth-order valence-corrected chi connectivity index (χ4v) is 12.5. The summed E-state index contributed by atoms with van der Waals surface area (Å²) < 4.78 is 52.2. The van der Waals surface area contributed by atoms with Crippen LogP contribution in [0.1, 0.15) is 188 Å². The fourth-order valence-electron chi connectivity index (χ4n) is 12.5. The molecule has 0 aliphatic carbocycles. The second-order valence-corrected chi connectivity index (χ2v) is 29.1. The van der Waals surface area contributed by atoms with E-state index >= 15 is 0 Å². The summed E-state index contributed by atoms with van der Waals surface area (Å²) >= 11 is 0. The first-order chi connectivity index (χ1) is 54.6. The van der Waals surface area contributed by atoms with E-state index < -0.39 is 135 Å². The minimum Gasteiger partial charge on any atom is -0.394 e. The third-order valence-electron chi connectivity index (χ3n) is 18.9. The van der Waals surface area contributed by atoms with Gasteiger partial charge in [-0.3, -0.25) is 47.9 Å². The Bertz CT molecular complexity index is 2690. The monoisotopic (exact) mass is 1640 g/mol. The molecule has 0 aromatic carbocycles. The molecule has 0 spiro atoms. The Hall–Kier alpha value is -6.19. The number of carbonyl (C=O) groups is 11. The molecule has 3 saturated heterocycles. The molecule has 3 heterocycles. The van der Waals surface area contributed by atoms with Crippen LogP contribution in [0.3, 0.4) is 0 Å². The molecule has 658 valence electrons. The number of aliphatic hydroxyl groups excluding tert-OH is 9. The largest absolute Gasteiger partial charge is 0.394 e. The van der Waals surface area contributed by atoms with Gasteiger partial charge in [0.2, 0.25) is 53.2 Å². The van der Waals surface area contributed by atoms with E-state index in [1.807, 2.05) is 0 Å². The summed E-state index contributed by atoms with van der Waals surface area (Å²) in [4.78, 5) is 138. The zero-order valence-electron chi connectivity index (χ0n) is 67.0. The first-order valence-electron chi connectivity index (χ1n) is 40.3. The van der Waals surface area contributed by atoms with Crippen LogP contribution in [0.4, 0.5) is 0 Å². The van der Waals surface area contributed by atoms with Gasteiger partial charge in [0.15, 0.2) is 18.9 Å². The molecule has 0 aromatic rings. The van der Waals surface area contributed by atoms with Gasteiger partial charge in [-0.1, -0.05) is 38.5 Å². The van der Waals surface area contributed by atoms with Gasteiger partial charge in [0.1, 0.15) is 90.2 Å². The van der Waals surface area contributed by atoms with Crippen LogP contribution in [0, 0.1) is 0 Å². The molecule has 3 aliphatic rings. The number of ether oxygens (including phenoxy) is 9. The Morgan fingerprint density at radius 1 is 0.325 bits per heavy atom. The van der Waals surface area contributed by atoms with Crippen molar-refractivity contribution in [3.63, 3.8) is 0 Å². The zero-order chi connectivity index (χ0) is 84.1. The predicted molar refractivity (Wildman–Crippen MR) is 406 cm³/mol. The highest BCUT2D eigenvalue weighted by molar-refractivity contribution is 5.81. The van der Waals surface area contributed by atoms with Gasteiger partial charge < -0.3 is 147 Å². The summed E-state index contributed by atoms with van der Waals surface area (Å²) in [5.41, 5.74) is -1.40. The van der Waals surface area contributed by atoms with E-state index in [-0.39, 0.29) is 191 Å². The highest BCUT2D eigenvalue weighted by atomic mass is 16.7. The van der Waals surface area contributed by atoms with E-state index in [2.05, 4.69) is 53.2 Å². The summed E-state index contributed by atoms with van der Waals surface area (Å²) in [7, 11) is 0. The Labute approximate surface area is 667 Å². The average Bonchev–Trinajstić information content (AvgIpc) is 0.818. The number of rotatable bonds is 65. The lowest BCUT2D eigenvalue weighted by atomic mass is 9.97. The molecule has 3 aliphatic heterocycles. The Morgan fingerprint density at radius 2 is 0.614 bits per heavy atom. The maximum Gasteiger partial charge on any atom is 0.222 e. The second-order valence-electron chi connectivity index (χ2n) is 29.1. The molecule has 3 rings (SSSR count). The summed E-state index contributed by atoms with van der Waals surface area (Å²) in [5.74, 6) is -3.25. The number of hydrogen-bond donors (Lipinski definition) is 19. The Balaban J connectivity index is 1.54. The quantitative estimate of drug-likeness (QED) is 0.0257. The van der Waals surface area contributed by atoms with E-state index in [1.54, 1.807) is 6.92 Å². The molecule has 0 saturated carbocycles. The van der Waals surface area contributed by atoms with Crippen molar-refractivity contribution >= 4 is 64.7 Å². The third kappa shape index (κ3) is 43.9. The second kappa shape index (κ2) is 60.3. The molecule has 39 nitrogen and oxygen atoms in total. The van der Waals surface area contributed by atoms with Gasteiger partial charge in [-0.25, -0.2) is 0 Å². The van der Waals surface area contributed by atoms with Crippen molar-refractivity contribution in [3.8, 4) is 0 Å². The SMILES string of the molecule is CC(=O)CCCCCCCCCCC(=O)NC(COCCC(=O)NCCCNCC(=O)CCCCO[C@@H]1OC(CO)[C@@H](O)C(O)C1NC(C)=O)(COCCC(=O)NCCCNC(=O)CCCCO[C@@H]1OC(CO)[C@@H](O)C(O)C1NC(C)=O)COCCC(=O)NCCCNC(=O)CCCCO[C@@H]1OC(CO)[C@@H](O)C(O)C1NC(C)=O.